The highest BCUT2D eigenvalue weighted by atomic mass is 16.5. The summed E-state index contributed by atoms with van der Waals surface area (Å²) in [6, 6.07) is 23.5. The van der Waals surface area contributed by atoms with Gasteiger partial charge in [-0.1, -0.05) is 54.6 Å². The molecule has 0 spiro atoms. The van der Waals surface area contributed by atoms with Gasteiger partial charge < -0.3 is 10.1 Å². The Balaban J connectivity index is 1.45. The Morgan fingerprint density at radius 3 is 2.58 bits per heavy atom. The van der Waals surface area contributed by atoms with Crippen molar-refractivity contribution in [3.8, 4) is 5.75 Å². The molecular formula is C22H23NO. The molecule has 4 rings (SSSR count). The number of hydrogen-bond donors (Lipinski definition) is 1. The molecule has 1 unspecified atom stereocenters. The van der Waals surface area contributed by atoms with Crippen molar-refractivity contribution in [1.82, 2.24) is 5.32 Å². The zero-order valence-electron chi connectivity index (χ0n) is 13.9. The summed E-state index contributed by atoms with van der Waals surface area (Å²) in [5, 5.41) is 6.01. The Hall–Kier alpha value is -2.32. The molecule has 1 aliphatic rings. The molecule has 1 saturated heterocycles. The van der Waals surface area contributed by atoms with Crippen molar-refractivity contribution in [2.45, 2.75) is 25.4 Å². The molecule has 0 saturated carbocycles. The Bertz CT molecular complexity index is 798. The molecule has 2 nitrogen and oxygen atoms in total. The van der Waals surface area contributed by atoms with Crippen LogP contribution in [-0.4, -0.2) is 13.1 Å². The largest absolute Gasteiger partial charge is 0.489 e. The van der Waals surface area contributed by atoms with E-state index >= 15 is 0 Å². The van der Waals surface area contributed by atoms with Crippen LogP contribution in [0.4, 0.5) is 0 Å². The lowest BCUT2D eigenvalue weighted by atomic mass is 9.92. The van der Waals surface area contributed by atoms with Crippen molar-refractivity contribution in [2.24, 2.45) is 0 Å². The van der Waals surface area contributed by atoms with Crippen molar-refractivity contribution >= 4 is 10.8 Å². The molecule has 1 heterocycles. The minimum Gasteiger partial charge on any atom is -0.489 e. The summed E-state index contributed by atoms with van der Waals surface area (Å²) in [5.41, 5.74) is 2.65. The molecule has 0 aromatic heterocycles. The van der Waals surface area contributed by atoms with Gasteiger partial charge in [0.25, 0.3) is 0 Å². The van der Waals surface area contributed by atoms with Gasteiger partial charge in [-0.3, -0.25) is 0 Å². The van der Waals surface area contributed by atoms with Crippen molar-refractivity contribution in [3.63, 3.8) is 0 Å². The molecule has 0 bridgehead atoms. The first-order chi connectivity index (χ1) is 11.9. The van der Waals surface area contributed by atoms with E-state index in [9.17, 15) is 0 Å². The van der Waals surface area contributed by atoms with E-state index in [-0.39, 0.29) is 0 Å². The van der Waals surface area contributed by atoms with Gasteiger partial charge in [-0.05, 0) is 59.3 Å². The van der Waals surface area contributed by atoms with Crippen LogP contribution in [0.3, 0.4) is 0 Å². The fourth-order valence-electron chi connectivity index (χ4n) is 3.55. The molecule has 1 fully saturated rings. The summed E-state index contributed by atoms with van der Waals surface area (Å²) >= 11 is 0. The monoisotopic (exact) mass is 317 g/mol. The van der Waals surface area contributed by atoms with Crippen LogP contribution in [0.25, 0.3) is 10.8 Å². The maximum atomic E-state index is 6.03. The number of hydrogen-bond acceptors (Lipinski definition) is 2. The predicted molar refractivity (Wildman–Crippen MR) is 99.6 cm³/mol. The highest BCUT2D eigenvalue weighted by Crippen LogP contribution is 2.26. The maximum Gasteiger partial charge on any atom is 0.119 e. The molecule has 0 aliphatic carbocycles. The van der Waals surface area contributed by atoms with E-state index in [1.807, 2.05) is 0 Å². The number of fused-ring (bicyclic) bond motifs is 1. The van der Waals surface area contributed by atoms with Crippen LogP contribution in [0.15, 0.2) is 66.7 Å². The molecular weight excluding hydrogens is 294 g/mol. The van der Waals surface area contributed by atoms with Crippen molar-refractivity contribution in [1.29, 1.82) is 0 Å². The predicted octanol–water partition coefficient (Wildman–Crippen LogP) is 4.89. The molecule has 1 N–H and O–H groups in total. The summed E-state index contributed by atoms with van der Waals surface area (Å²) in [4.78, 5) is 0. The van der Waals surface area contributed by atoms with E-state index in [2.05, 4.69) is 72.0 Å². The van der Waals surface area contributed by atoms with Crippen LogP contribution in [0, 0.1) is 0 Å². The van der Waals surface area contributed by atoms with Crippen molar-refractivity contribution < 1.29 is 4.74 Å². The molecule has 0 amide bonds. The van der Waals surface area contributed by atoms with Gasteiger partial charge in [0.15, 0.2) is 0 Å². The zero-order valence-corrected chi connectivity index (χ0v) is 13.9. The summed E-state index contributed by atoms with van der Waals surface area (Å²) in [5.74, 6) is 1.58. The normalized spacial score (nSPS) is 17.8. The van der Waals surface area contributed by atoms with Gasteiger partial charge in [0.2, 0.25) is 0 Å². The van der Waals surface area contributed by atoms with Crippen LogP contribution < -0.4 is 10.1 Å². The fourth-order valence-corrected chi connectivity index (χ4v) is 3.55. The standard InChI is InChI=1S/C22H23NO/c1-2-9-22-18(5-1)6-3-7-20(22)16-24-21-12-10-17(11-13-21)19-8-4-14-23-15-19/h1-3,5-7,9-13,19,23H,4,8,14-16H2. The van der Waals surface area contributed by atoms with Crippen molar-refractivity contribution in [2.75, 3.05) is 13.1 Å². The first-order valence-electron chi connectivity index (χ1n) is 8.80. The average molecular weight is 317 g/mol. The molecule has 1 aliphatic heterocycles. The lowest BCUT2D eigenvalue weighted by Crippen LogP contribution is -2.28. The SMILES string of the molecule is c1ccc2c(COc3ccc(C4CCCNC4)cc3)cccc2c1. The first-order valence-corrected chi connectivity index (χ1v) is 8.80. The topological polar surface area (TPSA) is 21.3 Å². The van der Waals surface area contributed by atoms with Gasteiger partial charge in [0.1, 0.15) is 12.4 Å². The number of ether oxygens (including phenoxy) is 1. The quantitative estimate of drug-likeness (QED) is 0.740. The van der Waals surface area contributed by atoms with E-state index < -0.39 is 0 Å². The minimum atomic E-state index is 0.603. The molecule has 1 atom stereocenters. The van der Waals surface area contributed by atoms with Crippen LogP contribution in [0.2, 0.25) is 0 Å². The van der Waals surface area contributed by atoms with E-state index in [1.54, 1.807) is 0 Å². The molecule has 0 radical (unpaired) electrons. The van der Waals surface area contributed by atoms with E-state index in [0.29, 0.717) is 12.5 Å². The van der Waals surface area contributed by atoms with Gasteiger partial charge in [0.05, 0.1) is 0 Å². The van der Waals surface area contributed by atoms with Gasteiger partial charge >= 0.3 is 0 Å². The van der Waals surface area contributed by atoms with Crippen molar-refractivity contribution in [3.05, 3.63) is 77.9 Å². The Morgan fingerprint density at radius 2 is 1.75 bits per heavy atom. The molecule has 3 aromatic rings. The van der Waals surface area contributed by atoms with Gasteiger partial charge in [-0.15, -0.1) is 0 Å². The Labute approximate surface area is 143 Å². The maximum absolute atomic E-state index is 6.03. The van der Waals surface area contributed by atoms with Crippen LogP contribution in [0.1, 0.15) is 29.9 Å². The minimum absolute atomic E-state index is 0.603. The molecule has 122 valence electrons. The summed E-state index contributed by atoms with van der Waals surface area (Å²) in [6.45, 7) is 2.85. The van der Waals surface area contributed by atoms with Crippen LogP contribution in [0.5, 0.6) is 5.75 Å². The van der Waals surface area contributed by atoms with Gasteiger partial charge in [-0.2, -0.15) is 0 Å². The Kier molecular flexibility index (Phi) is 4.48. The molecule has 3 aromatic carbocycles. The second-order valence-electron chi connectivity index (χ2n) is 6.54. The third kappa shape index (κ3) is 3.29. The van der Waals surface area contributed by atoms with E-state index in [0.717, 1.165) is 18.8 Å². The number of benzene rings is 3. The second-order valence-corrected chi connectivity index (χ2v) is 6.54. The molecule has 24 heavy (non-hydrogen) atoms. The highest BCUT2D eigenvalue weighted by Gasteiger charge is 2.14. The van der Waals surface area contributed by atoms with E-state index in [4.69, 9.17) is 4.74 Å². The summed E-state index contributed by atoms with van der Waals surface area (Å²) in [6.07, 6.45) is 2.55. The van der Waals surface area contributed by atoms with E-state index in [1.165, 1.54) is 34.7 Å². The second kappa shape index (κ2) is 7.06. The zero-order chi connectivity index (χ0) is 16.2. The number of rotatable bonds is 4. The molecule has 2 heteroatoms. The Morgan fingerprint density at radius 1 is 0.917 bits per heavy atom. The first kappa shape index (κ1) is 15.2. The summed E-state index contributed by atoms with van der Waals surface area (Å²) < 4.78 is 6.03. The van der Waals surface area contributed by atoms with Gasteiger partial charge in [-0.25, -0.2) is 0 Å². The number of nitrogens with one attached hydrogen (secondary N) is 1. The fraction of sp³-hybridized carbons (Fsp3) is 0.273. The highest BCUT2D eigenvalue weighted by molar-refractivity contribution is 5.85. The summed E-state index contributed by atoms with van der Waals surface area (Å²) in [7, 11) is 0. The van der Waals surface area contributed by atoms with Crippen LogP contribution >= 0.6 is 0 Å². The number of piperidine rings is 1. The smallest absolute Gasteiger partial charge is 0.119 e. The average Bonchev–Trinajstić information content (AvgIpc) is 2.67. The lowest BCUT2D eigenvalue weighted by Gasteiger charge is -2.23. The third-order valence-corrected chi connectivity index (χ3v) is 4.92. The third-order valence-electron chi connectivity index (χ3n) is 4.92. The van der Waals surface area contributed by atoms with Crippen LogP contribution in [-0.2, 0) is 6.61 Å². The lowest BCUT2D eigenvalue weighted by molar-refractivity contribution is 0.307. The van der Waals surface area contributed by atoms with Gasteiger partial charge in [0, 0.05) is 6.54 Å².